The highest BCUT2D eigenvalue weighted by molar-refractivity contribution is 5.95. The van der Waals surface area contributed by atoms with Crippen molar-refractivity contribution < 1.29 is 9.21 Å². The SMILES string of the molecule is Cc1nc2cc(NC(=O)[C@@H](C)N)ccc2o1. The Balaban J connectivity index is 2.29. The largest absolute Gasteiger partial charge is 0.441 e. The Morgan fingerprint density at radius 1 is 1.56 bits per heavy atom. The van der Waals surface area contributed by atoms with Gasteiger partial charge in [-0.2, -0.15) is 0 Å². The van der Waals surface area contributed by atoms with E-state index < -0.39 is 6.04 Å². The molecule has 2 rings (SSSR count). The molecule has 0 aliphatic carbocycles. The molecule has 0 fully saturated rings. The van der Waals surface area contributed by atoms with Crippen molar-refractivity contribution in [3.8, 4) is 0 Å². The second-order valence-corrected chi connectivity index (χ2v) is 3.69. The zero-order valence-corrected chi connectivity index (χ0v) is 9.15. The lowest BCUT2D eigenvalue weighted by Crippen LogP contribution is -2.32. The quantitative estimate of drug-likeness (QED) is 0.800. The van der Waals surface area contributed by atoms with Gasteiger partial charge in [-0.25, -0.2) is 4.98 Å². The van der Waals surface area contributed by atoms with E-state index in [9.17, 15) is 4.79 Å². The van der Waals surface area contributed by atoms with E-state index in [4.69, 9.17) is 10.2 Å². The molecule has 0 aliphatic heterocycles. The molecule has 0 unspecified atom stereocenters. The lowest BCUT2D eigenvalue weighted by atomic mass is 10.2. The molecule has 16 heavy (non-hydrogen) atoms. The van der Waals surface area contributed by atoms with Crippen LogP contribution in [0.5, 0.6) is 0 Å². The fraction of sp³-hybridized carbons (Fsp3) is 0.273. The number of aryl methyl sites for hydroxylation is 1. The molecule has 0 radical (unpaired) electrons. The van der Waals surface area contributed by atoms with Crippen LogP contribution in [-0.2, 0) is 4.79 Å². The standard InChI is InChI=1S/C11H13N3O2/c1-6(12)11(15)14-8-3-4-10-9(5-8)13-7(2)16-10/h3-6H,12H2,1-2H3,(H,14,15)/t6-/m1/s1. The molecule has 1 aromatic heterocycles. The van der Waals surface area contributed by atoms with Crippen LogP contribution in [0.15, 0.2) is 22.6 Å². The van der Waals surface area contributed by atoms with Crippen LogP contribution in [0.1, 0.15) is 12.8 Å². The van der Waals surface area contributed by atoms with Crippen LogP contribution < -0.4 is 11.1 Å². The number of aromatic nitrogens is 1. The van der Waals surface area contributed by atoms with Gasteiger partial charge in [0.1, 0.15) is 5.52 Å². The number of oxazole rings is 1. The van der Waals surface area contributed by atoms with Crippen molar-refractivity contribution in [1.29, 1.82) is 0 Å². The minimum atomic E-state index is -0.533. The molecule has 2 aromatic rings. The van der Waals surface area contributed by atoms with Crippen molar-refractivity contribution >= 4 is 22.7 Å². The summed E-state index contributed by atoms with van der Waals surface area (Å²) in [6, 6.07) is 4.75. The van der Waals surface area contributed by atoms with Crippen LogP contribution in [-0.4, -0.2) is 16.9 Å². The molecule has 0 bridgehead atoms. The molecule has 0 saturated carbocycles. The average Bonchev–Trinajstić information content (AvgIpc) is 2.57. The molecular formula is C11H13N3O2. The second-order valence-electron chi connectivity index (χ2n) is 3.69. The number of anilines is 1. The number of amides is 1. The van der Waals surface area contributed by atoms with Gasteiger partial charge in [-0.05, 0) is 25.1 Å². The van der Waals surface area contributed by atoms with E-state index in [1.54, 1.807) is 32.0 Å². The van der Waals surface area contributed by atoms with Crippen molar-refractivity contribution in [3.05, 3.63) is 24.1 Å². The fourth-order valence-corrected chi connectivity index (χ4v) is 1.38. The third-order valence-electron chi connectivity index (χ3n) is 2.18. The maximum Gasteiger partial charge on any atom is 0.240 e. The molecule has 1 atom stereocenters. The zero-order valence-electron chi connectivity index (χ0n) is 9.15. The Bertz CT molecular complexity index is 531. The minimum absolute atomic E-state index is 0.223. The summed E-state index contributed by atoms with van der Waals surface area (Å²) in [7, 11) is 0. The van der Waals surface area contributed by atoms with Crippen molar-refractivity contribution in [2.24, 2.45) is 5.73 Å². The van der Waals surface area contributed by atoms with Crippen molar-refractivity contribution in [1.82, 2.24) is 4.98 Å². The summed E-state index contributed by atoms with van der Waals surface area (Å²) in [5.74, 6) is 0.380. The van der Waals surface area contributed by atoms with Gasteiger partial charge in [-0.15, -0.1) is 0 Å². The van der Waals surface area contributed by atoms with Gasteiger partial charge in [0.05, 0.1) is 6.04 Å². The lowest BCUT2D eigenvalue weighted by molar-refractivity contribution is -0.117. The first kappa shape index (κ1) is 10.6. The number of carbonyl (C=O) groups excluding carboxylic acids is 1. The second kappa shape index (κ2) is 3.94. The number of benzene rings is 1. The predicted octanol–water partition coefficient (Wildman–Crippen LogP) is 1.42. The van der Waals surface area contributed by atoms with Gasteiger partial charge in [0, 0.05) is 12.6 Å². The van der Waals surface area contributed by atoms with E-state index in [1.807, 2.05) is 0 Å². The van der Waals surface area contributed by atoms with Crippen LogP contribution in [0.2, 0.25) is 0 Å². The topological polar surface area (TPSA) is 81.2 Å². The van der Waals surface area contributed by atoms with Gasteiger partial charge in [-0.3, -0.25) is 4.79 Å². The predicted molar refractivity (Wildman–Crippen MR) is 61.0 cm³/mol. The molecule has 5 nitrogen and oxygen atoms in total. The van der Waals surface area contributed by atoms with Crippen LogP contribution in [0.4, 0.5) is 5.69 Å². The summed E-state index contributed by atoms with van der Waals surface area (Å²) < 4.78 is 5.33. The maximum absolute atomic E-state index is 11.4. The van der Waals surface area contributed by atoms with Gasteiger partial charge in [0.25, 0.3) is 0 Å². The Labute approximate surface area is 92.6 Å². The van der Waals surface area contributed by atoms with Crippen molar-refractivity contribution in [2.75, 3.05) is 5.32 Å². The molecule has 5 heteroatoms. The number of rotatable bonds is 2. The first-order chi connectivity index (χ1) is 7.56. The van der Waals surface area contributed by atoms with Gasteiger partial charge in [-0.1, -0.05) is 0 Å². The Hall–Kier alpha value is -1.88. The highest BCUT2D eigenvalue weighted by Gasteiger charge is 2.09. The summed E-state index contributed by atoms with van der Waals surface area (Å²) in [5.41, 5.74) is 7.55. The Kier molecular flexibility index (Phi) is 2.62. The molecule has 84 valence electrons. The first-order valence-electron chi connectivity index (χ1n) is 5.00. The minimum Gasteiger partial charge on any atom is -0.441 e. The molecule has 3 N–H and O–H groups in total. The Morgan fingerprint density at radius 3 is 3.00 bits per heavy atom. The van der Waals surface area contributed by atoms with Crippen molar-refractivity contribution in [3.63, 3.8) is 0 Å². The lowest BCUT2D eigenvalue weighted by Gasteiger charge is -2.06. The average molecular weight is 219 g/mol. The van der Waals surface area contributed by atoms with Crippen LogP contribution >= 0.6 is 0 Å². The monoisotopic (exact) mass is 219 g/mol. The van der Waals surface area contributed by atoms with E-state index in [2.05, 4.69) is 10.3 Å². The maximum atomic E-state index is 11.4. The highest BCUT2D eigenvalue weighted by atomic mass is 16.3. The van der Waals surface area contributed by atoms with Gasteiger partial charge < -0.3 is 15.5 Å². The van der Waals surface area contributed by atoms with Crippen molar-refractivity contribution in [2.45, 2.75) is 19.9 Å². The third-order valence-corrected chi connectivity index (χ3v) is 2.18. The Morgan fingerprint density at radius 2 is 2.31 bits per heavy atom. The van der Waals surface area contributed by atoms with Crippen LogP contribution in [0.3, 0.4) is 0 Å². The van der Waals surface area contributed by atoms with E-state index in [0.29, 0.717) is 17.2 Å². The smallest absolute Gasteiger partial charge is 0.240 e. The number of carbonyl (C=O) groups is 1. The number of fused-ring (bicyclic) bond motifs is 1. The number of nitrogens with zero attached hydrogens (tertiary/aromatic N) is 1. The summed E-state index contributed by atoms with van der Waals surface area (Å²) in [4.78, 5) is 15.6. The summed E-state index contributed by atoms with van der Waals surface area (Å²) in [6.45, 7) is 3.41. The van der Waals surface area contributed by atoms with Crippen LogP contribution in [0, 0.1) is 6.92 Å². The molecule has 1 amide bonds. The number of nitrogens with two attached hydrogens (primary N) is 1. The fourth-order valence-electron chi connectivity index (χ4n) is 1.38. The summed E-state index contributed by atoms with van der Waals surface area (Å²) >= 11 is 0. The van der Waals surface area contributed by atoms with E-state index in [1.165, 1.54) is 0 Å². The summed E-state index contributed by atoms with van der Waals surface area (Å²) in [6.07, 6.45) is 0. The molecule has 0 saturated heterocycles. The van der Waals surface area contributed by atoms with Gasteiger partial charge >= 0.3 is 0 Å². The number of hydrogen-bond donors (Lipinski definition) is 2. The molecule has 1 heterocycles. The van der Waals surface area contributed by atoms with Gasteiger partial charge in [0.15, 0.2) is 11.5 Å². The number of hydrogen-bond acceptors (Lipinski definition) is 4. The van der Waals surface area contributed by atoms with Gasteiger partial charge in [0.2, 0.25) is 5.91 Å². The molecule has 0 aliphatic rings. The summed E-state index contributed by atoms with van der Waals surface area (Å²) in [5, 5.41) is 2.70. The number of nitrogens with one attached hydrogen (secondary N) is 1. The van der Waals surface area contributed by atoms with E-state index in [0.717, 1.165) is 5.52 Å². The molecule has 0 spiro atoms. The molecular weight excluding hydrogens is 206 g/mol. The molecule has 1 aromatic carbocycles. The highest BCUT2D eigenvalue weighted by Crippen LogP contribution is 2.19. The van der Waals surface area contributed by atoms with E-state index >= 15 is 0 Å². The zero-order chi connectivity index (χ0) is 11.7. The first-order valence-corrected chi connectivity index (χ1v) is 5.00. The third kappa shape index (κ3) is 2.04. The van der Waals surface area contributed by atoms with Crippen LogP contribution in [0.25, 0.3) is 11.1 Å². The normalized spacial score (nSPS) is 12.7. The van der Waals surface area contributed by atoms with E-state index in [-0.39, 0.29) is 5.91 Å².